The van der Waals surface area contributed by atoms with Gasteiger partial charge in [0.25, 0.3) is 0 Å². The number of ether oxygens (including phenoxy) is 1. The summed E-state index contributed by atoms with van der Waals surface area (Å²) >= 11 is 0. The van der Waals surface area contributed by atoms with Gasteiger partial charge >= 0.3 is 7.32 Å². The van der Waals surface area contributed by atoms with Gasteiger partial charge in [0.15, 0.2) is 8.32 Å². The van der Waals surface area contributed by atoms with Gasteiger partial charge in [-0.25, -0.2) is 4.98 Å². The average molecular weight is 313 g/mol. The second-order valence-electron chi connectivity index (χ2n) is 6.29. The van der Waals surface area contributed by atoms with E-state index in [9.17, 15) is 0 Å². The molecule has 0 aliphatic rings. The lowest BCUT2D eigenvalue weighted by Gasteiger charge is -2.36. The summed E-state index contributed by atoms with van der Waals surface area (Å²) in [6.07, 6.45) is 0. The highest BCUT2D eigenvalue weighted by atomic mass is 28.4. The van der Waals surface area contributed by atoms with Crippen LogP contribution in [0.15, 0.2) is 12.1 Å². The molecule has 1 aromatic rings. The van der Waals surface area contributed by atoms with Crippen LogP contribution in [0.25, 0.3) is 0 Å². The molecule has 0 fully saturated rings. The van der Waals surface area contributed by atoms with Crippen molar-refractivity contribution in [3.05, 3.63) is 17.8 Å². The highest BCUT2D eigenvalue weighted by Gasteiger charge is 2.37. The van der Waals surface area contributed by atoms with Gasteiger partial charge in [-0.2, -0.15) is 0 Å². The number of pyridine rings is 1. The lowest BCUT2D eigenvalue weighted by atomic mass is 10.2. The Morgan fingerprint density at radius 1 is 1.24 bits per heavy atom. The van der Waals surface area contributed by atoms with Gasteiger partial charge in [-0.05, 0) is 24.2 Å². The summed E-state index contributed by atoms with van der Waals surface area (Å²) in [6.45, 7) is 10.9. The fourth-order valence-corrected chi connectivity index (χ4v) is 2.30. The van der Waals surface area contributed by atoms with Crippen LogP contribution in [-0.4, -0.2) is 37.8 Å². The minimum absolute atomic E-state index is 0.0728. The van der Waals surface area contributed by atoms with Crippen molar-refractivity contribution in [3.8, 4) is 11.6 Å². The van der Waals surface area contributed by atoms with Crippen molar-refractivity contribution in [2.75, 3.05) is 7.11 Å². The molecule has 0 unspecified atom stereocenters. The third-order valence-electron chi connectivity index (χ3n) is 3.72. The molecule has 0 saturated heterocycles. The van der Waals surface area contributed by atoms with Gasteiger partial charge < -0.3 is 23.9 Å². The third kappa shape index (κ3) is 4.99. The van der Waals surface area contributed by atoms with Crippen LogP contribution in [0.5, 0.6) is 11.6 Å². The topological polar surface area (TPSA) is 81.0 Å². The summed E-state index contributed by atoms with van der Waals surface area (Å²) in [7, 11) is -2.32. The number of hydrogen-bond acceptors (Lipinski definition) is 6. The summed E-state index contributed by atoms with van der Waals surface area (Å²) in [4.78, 5) is 4.26. The van der Waals surface area contributed by atoms with Crippen molar-refractivity contribution in [3.63, 3.8) is 0 Å². The first-order valence-corrected chi connectivity index (χ1v) is 9.68. The highest BCUT2D eigenvalue weighted by Crippen LogP contribution is 2.37. The van der Waals surface area contributed by atoms with Crippen molar-refractivity contribution in [1.82, 2.24) is 4.98 Å². The number of aromatic nitrogens is 1. The van der Waals surface area contributed by atoms with Crippen LogP contribution < -0.4 is 9.39 Å². The van der Waals surface area contributed by atoms with Gasteiger partial charge in [0, 0.05) is 6.07 Å². The Balaban J connectivity index is 2.94. The van der Waals surface area contributed by atoms with Crippen LogP contribution in [0.3, 0.4) is 0 Å². The van der Waals surface area contributed by atoms with Gasteiger partial charge in [0.2, 0.25) is 5.88 Å². The van der Waals surface area contributed by atoms with Crippen LogP contribution in [0.2, 0.25) is 18.1 Å². The van der Waals surface area contributed by atoms with Crippen molar-refractivity contribution in [1.29, 1.82) is 0 Å². The molecule has 8 heteroatoms. The minimum atomic E-state index is -1.94. The van der Waals surface area contributed by atoms with E-state index in [4.69, 9.17) is 23.9 Å². The standard InChI is InChI=1S/C13H24BNO5Si/c1-13(2,3)21(5,6)19-9-10-11(20-14(16)17)7-8-12(15-10)18-4/h7-8,16-17H,9H2,1-6H3. The van der Waals surface area contributed by atoms with E-state index in [1.165, 1.54) is 7.11 Å². The second kappa shape index (κ2) is 6.78. The molecule has 1 heterocycles. The maximum atomic E-state index is 8.96. The zero-order valence-electron chi connectivity index (χ0n) is 13.5. The molecule has 0 spiro atoms. The fourth-order valence-electron chi connectivity index (χ4n) is 1.37. The maximum Gasteiger partial charge on any atom is 0.707 e. The summed E-state index contributed by atoms with van der Waals surface area (Å²) in [5.41, 5.74) is 0.479. The molecule has 118 valence electrons. The molecule has 21 heavy (non-hydrogen) atoms. The van der Waals surface area contributed by atoms with E-state index in [2.05, 4.69) is 38.8 Å². The molecule has 6 nitrogen and oxygen atoms in total. The van der Waals surface area contributed by atoms with E-state index < -0.39 is 15.6 Å². The highest BCUT2D eigenvalue weighted by molar-refractivity contribution is 6.74. The first kappa shape index (κ1) is 18.0. The normalized spacial score (nSPS) is 12.2. The predicted molar refractivity (Wildman–Crippen MR) is 83.6 cm³/mol. The second-order valence-corrected chi connectivity index (χ2v) is 11.1. The maximum absolute atomic E-state index is 8.96. The van der Waals surface area contributed by atoms with E-state index >= 15 is 0 Å². The largest absolute Gasteiger partial charge is 0.707 e. The molecule has 1 aromatic heterocycles. The fraction of sp³-hybridized carbons (Fsp3) is 0.615. The molecule has 0 aliphatic heterocycles. The van der Waals surface area contributed by atoms with Crippen molar-refractivity contribution < 1.29 is 23.9 Å². The zero-order valence-corrected chi connectivity index (χ0v) is 14.5. The Labute approximate surface area is 127 Å². The van der Waals surface area contributed by atoms with E-state index in [0.29, 0.717) is 11.6 Å². The average Bonchev–Trinajstić information content (AvgIpc) is 2.35. The SMILES string of the molecule is COc1ccc(OB(O)O)c(CO[Si](C)(C)C(C)(C)C)n1. The predicted octanol–water partition coefficient (Wildman–Crippen LogP) is 1.96. The van der Waals surface area contributed by atoms with Crippen molar-refractivity contribution in [2.24, 2.45) is 0 Å². The molecular formula is C13H24BNO5Si. The summed E-state index contributed by atoms with van der Waals surface area (Å²) in [5, 5.41) is 18.0. The molecule has 0 aromatic carbocycles. The molecular weight excluding hydrogens is 289 g/mol. The molecule has 1 rings (SSSR count). The first-order chi connectivity index (χ1) is 9.56. The molecule has 2 N–H and O–H groups in total. The van der Waals surface area contributed by atoms with E-state index in [1.54, 1.807) is 12.1 Å². The van der Waals surface area contributed by atoms with Gasteiger partial charge in [-0.3, -0.25) is 0 Å². The molecule has 0 radical (unpaired) electrons. The summed E-state index contributed by atoms with van der Waals surface area (Å²) in [6, 6.07) is 3.17. The van der Waals surface area contributed by atoms with Crippen molar-refractivity contribution >= 4 is 15.6 Å². The zero-order chi connectivity index (χ0) is 16.3. The van der Waals surface area contributed by atoms with Gasteiger partial charge in [-0.1, -0.05) is 20.8 Å². The Morgan fingerprint density at radius 3 is 2.33 bits per heavy atom. The molecule has 0 atom stereocenters. The molecule has 0 bridgehead atoms. The van der Waals surface area contributed by atoms with E-state index in [0.717, 1.165) is 0 Å². The number of rotatable bonds is 6. The van der Waals surface area contributed by atoms with Gasteiger partial charge in [0.1, 0.15) is 11.4 Å². The van der Waals surface area contributed by atoms with E-state index in [1.807, 2.05) is 0 Å². The summed E-state index contributed by atoms with van der Waals surface area (Å²) < 4.78 is 16.1. The number of nitrogens with zero attached hydrogens (tertiary/aromatic N) is 1. The van der Waals surface area contributed by atoms with Crippen LogP contribution in [0, 0.1) is 0 Å². The molecule has 0 saturated carbocycles. The smallest absolute Gasteiger partial charge is 0.510 e. The van der Waals surface area contributed by atoms with Crippen LogP contribution in [0.4, 0.5) is 0 Å². The minimum Gasteiger partial charge on any atom is -0.510 e. The lowest BCUT2D eigenvalue weighted by molar-refractivity contribution is 0.255. The van der Waals surface area contributed by atoms with Gasteiger partial charge in [0.05, 0.1) is 13.7 Å². The van der Waals surface area contributed by atoms with Crippen LogP contribution in [-0.2, 0) is 11.0 Å². The van der Waals surface area contributed by atoms with Crippen LogP contribution >= 0.6 is 0 Å². The van der Waals surface area contributed by atoms with E-state index in [-0.39, 0.29) is 17.4 Å². The Kier molecular flexibility index (Phi) is 5.80. The van der Waals surface area contributed by atoms with Gasteiger partial charge in [-0.15, -0.1) is 0 Å². The Hall–Kier alpha value is -1.09. The quantitative estimate of drug-likeness (QED) is 0.782. The monoisotopic (exact) mass is 313 g/mol. The summed E-state index contributed by atoms with van der Waals surface area (Å²) in [5.74, 6) is 0.688. The van der Waals surface area contributed by atoms with Crippen LogP contribution in [0.1, 0.15) is 26.5 Å². The molecule has 0 amide bonds. The number of hydrogen-bond donors (Lipinski definition) is 2. The molecule has 0 aliphatic carbocycles. The Bertz CT molecular complexity index is 476. The first-order valence-electron chi connectivity index (χ1n) is 6.77. The third-order valence-corrected chi connectivity index (χ3v) is 8.20. The number of methoxy groups -OCH3 is 1. The Morgan fingerprint density at radius 2 is 1.86 bits per heavy atom. The van der Waals surface area contributed by atoms with Crippen molar-refractivity contribution in [2.45, 2.75) is 45.5 Å². The lowest BCUT2D eigenvalue weighted by Crippen LogP contribution is -2.40.